The van der Waals surface area contributed by atoms with Gasteiger partial charge in [-0.05, 0) is 20.8 Å². The molecule has 0 bridgehead atoms. The molecule has 0 spiro atoms. The van der Waals surface area contributed by atoms with Crippen LogP contribution in [0.1, 0.15) is 27.2 Å². The fourth-order valence-electron chi connectivity index (χ4n) is 1.36. The van der Waals surface area contributed by atoms with Gasteiger partial charge in [-0.15, -0.1) is 0 Å². The summed E-state index contributed by atoms with van der Waals surface area (Å²) < 4.78 is 9.94. The summed E-state index contributed by atoms with van der Waals surface area (Å²) in [6.07, 6.45) is 0.190. The highest BCUT2D eigenvalue weighted by molar-refractivity contribution is 5.91. The van der Waals surface area contributed by atoms with Gasteiger partial charge in [0.1, 0.15) is 6.10 Å². The van der Waals surface area contributed by atoms with Crippen molar-refractivity contribution < 1.29 is 19.1 Å². The molecule has 1 rings (SSSR count). The molecule has 4 heteroatoms. The number of esters is 2. The molecule has 0 aromatic heterocycles. The van der Waals surface area contributed by atoms with Gasteiger partial charge in [0.2, 0.25) is 5.60 Å². The van der Waals surface area contributed by atoms with E-state index >= 15 is 0 Å². The topological polar surface area (TPSA) is 52.6 Å². The standard InChI is InChI=1S/C10H14O4/c1-6(2)8(11)14-10(4)5-7(3)13-9(10)12/h7H,1,5H2,2-4H3. The first-order valence-electron chi connectivity index (χ1n) is 4.45. The van der Waals surface area contributed by atoms with Gasteiger partial charge >= 0.3 is 11.9 Å². The van der Waals surface area contributed by atoms with Crippen molar-refractivity contribution in [1.82, 2.24) is 0 Å². The molecule has 1 aliphatic rings. The predicted octanol–water partition coefficient (Wildman–Crippen LogP) is 1.20. The molecule has 0 radical (unpaired) electrons. The lowest BCUT2D eigenvalue weighted by Gasteiger charge is -2.19. The van der Waals surface area contributed by atoms with E-state index in [1.54, 1.807) is 13.8 Å². The van der Waals surface area contributed by atoms with Crippen molar-refractivity contribution in [2.75, 3.05) is 0 Å². The van der Waals surface area contributed by atoms with E-state index in [1.165, 1.54) is 6.92 Å². The Bertz CT molecular complexity index is 294. The minimum Gasteiger partial charge on any atom is -0.460 e. The SMILES string of the molecule is C=C(C)C(=O)OC1(C)CC(C)OC1=O. The first kappa shape index (κ1) is 10.8. The van der Waals surface area contributed by atoms with E-state index in [2.05, 4.69) is 6.58 Å². The van der Waals surface area contributed by atoms with Crippen LogP contribution in [0.5, 0.6) is 0 Å². The van der Waals surface area contributed by atoms with Crippen LogP contribution in [-0.4, -0.2) is 23.6 Å². The quantitative estimate of drug-likeness (QED) is 0.494. The summed E-state index contributed by atoms with van der Waals surface area (Å²) in [5.41, 5.74) is -0.867. The summed E-state index contributed by atoms with van der Waals surface area (Å²) in [5.74, 6) is -1.04. The van der Waals surface area contributed by atoms with E-state index in [4.69, 9.17) is 9.47 Å². The van der Waals surface area contributed by atoms with Crippen LogP contribution >= 0.6 is 0 Å². The van der Waals surface area contributed by atoms with E-state index in [0.717, 1.165) is 0 Å². The Kier molecular flexibility index (Phi) is 2.64. The third-order valence-corrected chi connectivity index (χ3v) is 2.08. The average Bonchev–Trinajstić information content (AvgIpc) is 2.25. The highest BCUT2D eigenvalue weighted by Gasteiger charge is 2.47. The van der Waals surface area contributed by atoms with Crippen molar-refractivity contribution in [3.8, 4) is 0 Å². The van der Waals surface area contributed by atoms with Crippen LogP contribution in [0.3, 0.4) is 0 Å². The third kappa shape index (κ3) is 1.95. The first-order valence-corrected chi connectivity index (χ1v) is 4.45. The number of hydrogen-bond donors (Lipinski definition) is 0. The Morgan fingerprint density at radius 2 is 2.29 bits per heavy atom. The molecule has 0 aromatic carbocycles. The number of ether oxygens (including phenoxy) is 2. The van der Waals surface area contributed by atoms with Crippen molar-refractivity contribution >= 4 is 11.9 Å². The average molecular weight is 198 g/mol. The molecule has 1 fully saturated rings. The molecule has 2 unspecified atom stereocenters. The zero-order valence-corrected chi connectivity index (χ0v) is 8.62. The second-order valence-corrected chi connectivity index (χ2v) is 3.82. The summed E-state index contributed by atoms with van der Waals surface area (Å²) in [4.78, 5) is 22.6. The molecule has 0 amide bonds. The zero-order chi connectivity index (χ0) is 10.9. The summed E-state index contributed by atoms with van der Waals surface area (Å²) in [6.45, 7) is 8.30. The molecule has 4 nitrogen and oxygen atoms in total. The van der Waals surface area contributed by atoms with E-state index in [1.807, 2.05) is 0 Å². The van der Waals surface area contributed by atoms with Gasteiger partial charge < -0.3 is 9.47 Å². The van der Waals surface area contributed by atoms with Crippen molar-refractivity contribution in [1.29, 1.82) is 0 Å². The second kappa shape index (κ2) is 3.44. The number of carbonyl (C=O) groups is 2. The predicted molar refractivity (Wildman–Crippen MR) is 49.5 cm³/mol. The number of rotatable bonds is 2. The second-order valence-electron chi connectivity index (χ2n) is 3.82. The zero-order valence-electron chi connectivity index (χ0n) is 8.62. The van der Waals surface area contributed by atoms with Crippen molar-refractivity contribution in [2.24, 2.45) is 0 Å². The van der Waals surface area contributed by atoms with Crippen LogP contribution in [-0.2, 0) is 19.1 Å². The Labute approximate surface area is 82.9 Å². The van der Waals surface area contributed by atoms with Gasteiger partial charge in [-0.2, -0.15) is 0 Å². The molecule has 14 heavy (non-hydrogen) atoms. The maximum absolute atomic E-state index is 11.3. The molecule has 0 aliphatic carbocycles. The maximum Gasteiger partial charge on any atom is 0.350 e. The van der Waals surface area contributed by atoms with Crippen LogP contribution < -0.4 is 0 Å². The normalized spacial score (nSPS) is 31.1. The Morgan fingerprint density at radius 1 is 1.71 bits per heavy atom. The molecule has 0 aromatic rings. The molecule has 2 atom stereocenters. The molecular formula is C10H14O4. The molecule has 1 aliphatic heterocycles. The lowest BCUT2D eigenvalue weighted by Crippen LogP contribution is -2.36. The van der Waals surface area contributed by atoms with E-state index in [0.29, 0.717) is 6.42 Å². The van der Waals surface area contributed by atoms with Crippen molar-refractivity contribution in [2.45, 2.75) is 38.9 Å². The van der Waals surface area contributed by atoms with Gasteiger partial charge in [0.25, 0.3) is 0 Å². The van der Waals surface area contributed by atoms with Crippen molar-refractivity contribution in [3.63, 3.8) is 0 Å². The van der Waals surface area contributed by atoms with Gasteiger partial charge in [0, 0.05) is 12.0 Å². The molecular weight excluding hydrogens is 184 g/mol. The van der Waals surface area contributed by atoms with Crippen LogP contribution in [0.2, 0.25) is 0 Å². The van der Waals surface area contributed by atoms with Crippen molar-refractivity contribution in [3.05, 3.63) is 12.2 Å². The minimum atomic E-state index is -1.14. The van der Waals surface area contributed by atoms with Crippen LogP contribution in [0.15, 0.2) is 12.2 Å². The van der Waals surface area contributed by atoms with Gasteiger partial charge in [-0.3, -0.25) is 0 Å². The van der Waals surface area contributed by atoms with E-state index in [-0.39, 0.29) is 11.7 Å². The highest BCUT2D eigenvalue weighted by Crippen LogP contribution is 2.29. The fraction of sp³-hybridized carbons (Fsp3) is 0.600. The number of cyclic esters (lactones) is 1. The van der Waals surface area contributed by atoms with Crippen LogP contribution in [0.4, 0.5) is 0 Å². The fourth-order valence-corrected chi connectivity index (χ4v) is 1.36. The minimum absolute atomic E-state index is 0.203. The highest BCUT2D eigenvalue weighted by atomic mass is 16.6. The maximum atomic E-state index is 11.3. The Hall–Kier alpha value is -1.32. The van der Waals surface area contributed by atoms with Gasteiger partial charge in [0.15, 0.2) is 0 Å². The molecule has 1 heterocycles. The summed E-state index contributed by atoms with van der Waals surface area (Å²) in [7, 11) is 0. The van der Waals surface area contributed by atoms with Gasteiger partial charge in [-0.25, -0.2) is 9.59 Å². The molecule has 0 saturated carbocycles. The summed E-state index contributed by atoms with van der Waals surface area (Å²) >= 11 is 0. The largest absolute Gasteiger partial charge is 0.460 e. The number of carbonyl (C=O) groups excluding carboxylic acids is 2. The summed E-state index contributed by atoms with van der Waals surface area (Å²) in [6, 6.07) is 0. The summed E-state index contributed by atoms with van der Waals surface area (Å²) in [5, 5.41) is 0. The van der Waals surface area contributed by atoms with Crippen LogP contribution in [0.25, 0.3) is 0 Å². The lowest BCUT2D eigenvalue weighted by atomic mass is 10.0. The third-order valence-electron chi connectivity index (χ3n) is 2.08. The molecule has 1 saturated heterocycles. The Balaban J connectivity index is 2.72. The molecule has 78 valence electrons. The Morgan fingerprint density at radius 3 is 2.64 bits per heavy atom. The molecule has 0 N–H and O–H groups in total. The first-order chi connectivity index (χ1) is 6.35. The van der Waals surface area contributed by atoms with Gasteiger partial charge in [-0.1, -0.05) is 6.58 Å². The van der Waals surface area contributed by atoms with Crippen LogP contribution in [0, 0.1) is 0 Å². The van der Waals surface area contributed by atoms with E-state index in [9.17, 15) is 9.59 Å². The monoisotopic (exact) mass is 198 g/mol. The van der Waals surface area contributed by atoms with Gasteiger partial charge in [0.05, 0.1) is 0 Å². The smallest absolute Gasteiger partial charge is 0.350 e. The number of hydrogen-bond acceptors (Lipinski definition) is 4. The van der Waals surface area contributed by atoms with E-state index < -0.39 is 17.5 Å². The lowest BCUT2D eigenvalue weighted by molar-refractivity contribution is -0.168.